The van der Waals surface area contributed by atoms with Crippen molar-refractivity contribution in [3.63, 3.8) is 0 Å². The van der Waals surface area contributed by atoms with Gasteiger partial charge in [-0.15, -0.1) is 0 Å². The van der Waals surface area contributed by atoms with Crippen molar-refractivity contribution in [2.24, 2.45) is 0 Å². The minimum Gasteiger partial charge on any atom is -0.0616 e. The summed E-state index contributed by atoms with van der Waals surface area (Å²) in [5.74, 6) is 0. The van der Waals surface area contributed by atoms with Gasteiger partial charge in [0.1, 0.15) is 0 Å². The van der Waals surface area contributed by atoms with E-state index in [2.05, 4.69) is 243 Å². The van der Waals surface area contributed by atoms with E-state index in [1.54, 1.807) is 0 Å². The van der Waals surface area contributed by atoms with Crippen LogP contribution in [-0.4, -0.2) is 0 Å². The van der Waals surface area contributed by atoms with Gasteiger partial charge in [0.25, 0.3) is 0 Å². The van der Waals surface area contributed by atoms with Gasteiger partial charge in [-0.1, -0.05) is 231 Å². The molecule has 0 unspecified atom stereocenters. The summed E-state index contributed by atoms with van der Waals surface area (Å²) in [5, 5.41) is 23.0. The molecular weight excluding hydrogens is 793 g/mol. The highest BCUT2D eigenvalue weighted by molar-refractivity contribution is 6.40. The van der Waals surface area contributed by atoms with E-state index in [9.17, 15) is 0 Å². The Bertz CT molecular complexity index is 4050. The molecule has 14 rings (SSSR count). The van der Waals surface area contributed by atoms with Gasteiger partial charge in [-0.2, -0.15) is 0 Å². The summed E-state index contributed by atoms with van der Waals surface area (Å²) >= 11 is 0. The van der Waals surface area contributed by atoms with Crippen molar-refractivity contribution >= 4 is 97.0 Å². The van der Waals surface area contributed by atoms with Gasteiger partial charge < -0.3 is 0 Å². The van der Waals surface area contributed by atoms with E-state index >= 15 is 0 Å². The van der Waals surface area contributed by atoms with E-state index in [0.29, 0.717) is 0 Å². The van der Waals surface area contributed by atoms with Crippen molar-refractivity contribution in [3.8, 4) is 44.5 Å². The average Bonchev–Trinajstić information content (AvgIpc) is 3.39. The van der Waals surface area contributed by atoms with Gasteiger partial charge in [0, 0.05) is 0 Å². The van der Waals surface area contributed by atoms with Gasteiger partial charge in [0.15, 0.2) is 0 Å². The van der Waals surface area contributed by atoms with Gasteiger partial charge in [-0.05, 0) is 154 Å². The molecule has 0 spiro atoms. The van der Waals surface area contributed by atoms with Crippen LogP contribution in [0.1, 0.15) is 0 Å². The van der Waals surface area contributed by atoms with Gasteiger partial charge in [-0.3, -0.25) is 0 Å². The molecule has 0 bridgehead atoms. The van der Waals surface area contributed by atoms with Crippen LogP contribution in [0.25, 0.3) is 141 Å². The van der Waals surface area contributed by atoms with Gasteiger partial charge in [-0.25, -0.2) is 0 Å². The smallest absolute Gasteiger partial charge is 0.00139 e. The van der Waals surface area contributed by atoms with Gasteiger partial charge in [0.05, 0.1) is 0 Å². The van der Waals surface area contributed by atoms with Crippen LogP contribution in [0.4, 0.5) is 0 Å². The Morgan fingerprint density at radius 1 is 0.152 bits per heavy atom. The van der Waals surface area contributed by atoms with E-state index in [1.165, 1.54) is 141 Å². The van der Waals surface area contributed by atoms with Crippen LogP contribution >= 0.6 is 0 Å². The summed E-state index contributed by atoms with van der Waals surface area (Å²) in [5.41, 5.74) is 9.99. The zero-order valence-corrected chi connectivity index (χ0v) is 36.1. The first-order chi connectivity index (χ1) is 32.8. The van der Waals surface area contributed by atoms with Crippen LogP contribution in [0, 0.1) is 0 Å². The summed E-state index contributed by atoms with van der Waals surface area (Å²) in [4.78, 5) is 0. The molecule has 0 saturated heterocycles. The van der Waals surface area contributed by atoms with Crippen LogP contribution < -0.4 is 0 Å². The molecule has 0 atom stereocenters. The first-order valence-corrected chi connectivity index (χ1v) is 23.0. The lowest BCUT2D eigenvalue weighted by molar-refractivity contribution is 1.66. The van der Waals surface area contributed by atoms with Crippen molar-refractivity contribution < 1.29 is 0 Å². The predicted molar refractivity (Wildman–Crippen MR) is 286 cm³/mol. The number of fused-ring (bicyclic) bond motifs is 15. The van der Waals surface area contributed by atoms with Gasteiger partial charge in [0.2, 0.25) is 0 Å². The molecule has 0 aliphatic carbocycles. The molecule has 14 aromatic rings. The fourth-order valence-electron chi connectivity index (χ4n) is 11.5. The Morgan fingerprint density at radius 3 is 0.848 bits per heavy atom. The predicted octanol–water partition coefficient (Wildman–Crippen LogP) is 18.7. The fraction of sp³-hybridized carbons (Fsp3) is 0. The summed E-state index contributed by atoms with van der Waals surface area (Å²) in [6.45, 7) is 0. The first kappa shape index (κ1) is 36.9. The molecule has 0 aliphatic rings. The molecule has 0 heterocycles. The Kier molecular flexibility index (Phi) is 8.08. The van der Waals surface area contributed by atoms with Crippen LogP contribution in [0.5, 0.6) is 0 Å². The second-order valence-electron chi connectivity index (χ2n) is 17.8. The lowest BCUT2D eigenvalue weighted by Crippen LogP contribution is -1.91. The summed E-state index contributed by atoms with van der Waals surface area (Å²) < 4.78 is 0. The normalized spacial score (nSPS) is 11.9. The second kappa shape index (κ2) is 14.5. The number of hydrogen-bond donors (Lipinski definition) is 0. The van der Waals surface area contributed by atoms with Crippen molar-refractivity contribution in [1.82, 2.24) is 0 Å². The topological polar surface area (TPSA) is 0 Å². The maximum atomic E-state index is 2.45. The minimum absolute atomic E-state index is 1.22. The largest absolute Gasteiger partial charge is 0.0616 e. The van der Waals surface area contributed by atoms with Gasteiger partial charge >= 0.3 is 0 Å². The highest BCUT2D eigenvalue weighted by Gasteiger charge is 2.19. The number of rotatable bonds is 4. The zero-order chi connectivity index (χ0) is 43.3. The third kappa shape index (κ3) is 5.46. The molecule has 0 fully saturated rings. The first-order valence-electron chi connectivity index (χ1n) is 23.0. The maximum Gasteiger partial charge on any atom is -0.00139 e. The quantitative estimate of drug-likeness (QED) is 0.155. The van der Waals surface area contributed by atoms with Crippen LogP contribution in [-0.2, 0) is 0 Å². The monoisotopic (exact) mass is 832 g/mol. The third-order valence-corrected chi connectivity index (χ3v) is 14.4. The Hall–Kier alpha value is -8.58. The zero-order valence-electron chi connectivity index (χ0n) is 36.1. The molecule has 0 heteroatoms. The molecule has 14 aromatic carbocycles. The Morgan fingerprint density at radius 2 is 0.424 bits per heavy atom. The van der Waals surface area contributed by atoms with E-state index < -0.39 is 0 Å². The molecule has 0 N–H and O–H groups in total. The van der Waals surface area contributed by atoms with Crippen LogP contribution in [0.2, 0.25) is 0 Å². The van der Waals surface area contributed by atoms with Crippen molar-refractivity contribution in [2.45, 2.75) is 0 Å². The molecule has 0 saturated carbocycles. The Balaban J connectivity index is 0.977. The molecule has 0 aliphatic heterocycles. The molecule has 0 amide bonds. The second-order valence-corrected chi connectivity index (χ2v) is 17.8. The Labute approximate surface area is 382 Å². The van der Waals surface area contributed by atoms with E-state index in [0.717, 1.165) is 0 Å². The summed E-state index contributed by atoms with van der Waals surface area (Å²) in [6, 6.07) is 90.4. The molecule has 66 heavy (non-hydrogen) atoms. The standard InChI is InChI=1S/C66H40/c1-3-19-45-41(15-1)17-9-27-49(45)53-33-13-29-51-47(25-11-31-55(51)53)43-35-37-61-63(39-43)57-21-5-7-23-59(57)66-62-38-36-44(40-64(62)58-22-6-8-24-60(58)65(61)66)48-26-12-32-56-52(48)30-14-34-54(56)50-28-10-18-42-16-2-4-20-46(42)50/h1-40H. The number of hydrogen-bond acceptors (Lipinski definition) is 0. The minimum atomic E-state index is 1.22. The molecule has 0 nitrogen and oxygen atoms in total. The average molecular weight is 833 g/mol. The van der Waals surface area contributed by atoms with E-state index in [-0.39, 0.29) is 0 Å². The lowest BCUT2D eigenvalue weighted by Gasteiger charge is -2.18. The van der Waals surface area contributed by atoms with Crippen LogP contribution in [0.15, 0.2) is 243 Å². The van der Waals surface area contributed by atoms with Crippen molar-refractivity contribution in [3.05, 3.63) is 243 Å². The summed E-state index contributed by atoms with van der Waals surface area (Å²) in [7, 11) is 0. The number of benzene rings is 14. The summed E-state index contributed by atoms with van der Waals surface area (Å²) in [6.07, 6.45) is 0. The molecule has 0 radical (unpaired) electrons. The SMILES string of the molecule is c1ccc2c(-c3cccc4c(-c5ccc6c(c5)c5ccccc5c5c7ccc(-c8cccc9c(-c%10cccc%11ccccc%10%11)cccc89)cc7c7ccccc7c65)cccc34)cccc2c1. The maximum absolute atomic E-state index is 2.45. The van der Waals surface area contributed by atoms with Crippen molar-refractivity contribution in [2.75, 3.05) is 0 Å². The molecular formula is C66H40. The fourth-order valence-corrected chi connectivity index (χ4v) is 11.5. The molecule has 304 valence electrons. The van der Waals surface area contributed by atoms with Crippen LogP contribution in [0.3, 0.4) is 0 Å². The molecule has 0 aromatic heterocycles. The highest BCUT2D eigenvalue weighted by Crippen LogP contribution is 2.47. The highest BCUT2D eigenvalue weighted by atomic mass is 14.2. The lowest BCUT2D eigenvalue weighted by atomic mass is 9.85. The third-order valence-electron chi connectivity index (χ3n) is 14.4. The van der Waals surface area contributed by atoms with E-state index in [1.807, 2.05) is 0 Å². The van der Waals surface area contributed by atoms with E-state index in [4.69, 9.17) is 0 Å². The van der Waals surface area contributed by atoms with Crippen molar-refractivity contribution in [1.29, 1.82) is 0 Å².